The normalized spacial score (nSPS) is 10.6. The van der Waals surface area contributed by atoms with Crippen LogP contribution in [0.3, 0.4) is 0 Å². The van der Waals surface area contributed by atoms with E-state index in [1.807, 2.05) is 12.1 Å². The van der Waals surface area contributed by atoms with Crippen LogP contribution in [-0.2, 0) is 6.42 Å². The molecule has 0 unspecified atom stereocenters. The summed E-state index contributed by atoms with van der Waals surface area (Å²) in [6.45, 7) is 0. The number of hydrogen-bond acceptors (Lipinski definition) is 5. The highest BCUT2D eigenvalue weighted by molar-refractivity contribution is 9.10. The van der Waals surface area contributed by atoms with E-state index in [1.165, 1.54) is 0 Å². The van der Waals surface area contributed by atoms with Crippen molar-refractivity contribution in [2.75, 3.05) is 11.1 Å². The van der Waals surface area contributed by atoms with E-state index >= 15 is 0 Å². The molecule has 0 aliphatic rings. The van der Waals surface area contributed by atoms with Gasteiger partial charge in [0.2, 0.25) is 5.95 Å². The highest BCUT2D eigenvalue weighted by atomic mass is 79.9. The van der Waals surface area contributed by atoms with Crippen molar-refractivity contribution in [2.24, 2.45) is 0 Å². The maximum Gasteiger partial charge on any atom is 0.222 e. The minimum Gasteiger partial charge on any atom is -0.368 e. The molecule has 0 atom stereocenters. The highest BCUT2D eigenvalue weighted by Gasteiger charge is 2.10. The fourth-order valence-corrected chi connectivity index (χ4v) is 3.03. The first-order chi connectivity index (χ1) is 11.5. The Morgan fingerprint density at radius 1 is 1.04 bits per heavy atom. The summed E-state index contributed by atoms with van der Waals surface area (Å²) in [5.74, 6) is 1.35. The van der Waals surface area contributed by atoms with Gasteiger partial charge in [0.15, 0.2) is 0 Å². The minimum absolute atomic E-state index is 0.160. The summed E-state index contributed by atoms with van der Waals surface area (Å²) in [4.78, 5) is 12.7. The van der Waals surface area contributed by atoms with Gasteiger partial charge in [0.25, 0.3) is 0 Å². The average molecular weight is 425 g/mol. The van der Waals surface area contributed by atoms with Crippen LogP contribution in [0.5, 0.6) is 0 Å². The molecule has 8 heteroatoms. The Morgan fingerprint density at radius 2 is 1.79 bits per heavy atom. The number of nitrogens with two attached hydrogens (primary N) is 1. The standard InChI is InChI=1S/C16H12BrCl2N5/c17-9-4-5-21-14(6-9)23-15-8-10(22-16(20)24-15)7-11-12(18)2-1-3-13(11)19/h1-6,8H,7H2,(H3,20,21,22,23,24). The van der Waals surface area contributed by atoms with Crippen LogP contribution in [0.15, 0.2) is 47.1 Å². The number of benzene rings is 1. The molecule has 1 aromatic carbocycles. The van der Waals surface area contributed by atoms with Crippen molar-refractivity contribution in [3.8, 4) is 0 Å². The lowest BCUT2D eigenvalue weighted by atomic mass is 10.1. The van der Waals surface area contributed by atoms with Gasteiger partial charge in [0, 0.05) is 33.2 Å². The van der Waals surface area contributed by atoms with Gasteiger partial charge in [0.1, 0.15) is 11.6 Å². The molecule has 2 aromatic heterocycles. The Bertz CT molecular complexity index is 868. The summed E-state index contributed by atoms with van der Waals surface area (Å²) in [6.07, 6.45) is 2.13. The Morgan fingerprint density at radius 3 is 2.50 bits per heavy atom. The first-order valence-electron chi connectivity index (χ1n) is 6.96. The van der Waals surface area contributed by atoms with Gasteiger partial charge < -0.3 is 11.1 Å². The molecule has 0 saturated heterocycles. The van der Waals surface area contributed by atoms with E-state index in [2.05, 4.69) is 36.2 Å². The number of anilines is 3. The zero-order valence-electron chi connectivity index (χ0n) is 12.3. The van der Waals surface area contributed by atoms with Gasteiger partial charge in [-0.2, -0.15) is 4.98 Å². The Hall–Kier alpha value is -1.89. The van der Waals surface area contributed by atoms with E-state index in [9.17, 15) is 0 Å². The van der Waals surface area contributed by atoms with Gasteiger partial charge in [-0.3, -0.25) is 0 Å². The summed E-state index contributed by atoms with van der Waals surface area (Å²) in [5.41, 5.74) is 7.32. The molecule has 0 aliphatic heterocycles. The van der Waals surface area contributed by atoms with Gasteiger partial charge in [-0.1, -0.05) is 45.2 Å². The van der Waals surface area contributed by atoms with E-state index in [4.69, 9.17) is 28.9 Å². The second-order valence-electron chi connectivity index (χ2n) is 4.96. The SMILES string of the molecule is Nc1nc(Cc2c(Cl)cccc2Cl)cc(Nc2cc(Br)ccn2)n1. The predicted molar refractivity (Wildman–Crippen MR) is 101 cm³/mol. The van der Waals surface area contributed by atoms with Crippen LogP contribution in [0, 0.1) is 0 Å². The lowest BCUT2D eigenvalue weighted by Crippen LogP contribution is -2.05. The lowest BCUT2D eigenvalue weighted by molar-refractivity contribution is 1.04. The van der Waals surface area contributed by atoms with Crippen molar-refractivity contribution in [1.29, 1.82) is 0 Å². The molecule has 0 bridgehead atoms. The molecule has 0 radical (unpaired) electrons. The molecular formula is C16H12BrCl2N5. The summed E-state index contributed by atoms with van der Waals surface area (Å²) < 4.78 is 0.908. The second kappa shape index (κ2) is 7.34. The van der Waals surface area contributed by atoms with Crippen LogP contribution in [-0.4, -0.2) is 15.0 Å². The molecule has 0 fully saturated rings. The molecule has 5 nitrogen and oxygen atoms in total. The fraction of sp³-hybridized carbons (Fsp3) is 0.0625. The van der Waals surface area contributed by atoms with E-state index in [1.54, 1.807) is 30.5 Å². The Kier molecular flexibility index (Phi) is 5.18. The number of halogens is 3. The van der Waals surface area contributed by atoms with Crippen LogP contribution in [0.2, 0.25) is 10.0 Å². The fourth-order valence-electron chi connectivity index (χ4n) is 2.16. The van der Waals surface area contributed by atoms with Gasteiger partial charge >= 0.3 is 0 Å². The summed E-state index contributed by atoms with van der Waals surface area (Å²) in [5, 5.41) is 4.27. The molecule has 3 aromatic rings. The average Bonchev–Trinajstić information content (AvgIpc) is 2.50. The summed E-state index contributed by atoms with van der Waals surface area (Å²) in [6, 6.07) is 10.8. The molecule has 2 heterocycles. The van der Waals surface area contributed by atoms with Gasteiger partial charge in [-0.25, -0.2) is 9.97 Å². The topological polar surface area (TPSA) is 76.7 Å². The van der Waals surface area contributed by atoms with E-state index in [0.717, 1.165) is 10.0 Å². The number of nitrogens with zero attached hydrogens (tertiary/aromatic N) is 3. The molecule has 0 saturated carbocycles. The first-order valence-corrected chi connectivity index (χ1v) is 8.51. The van der Waals surface area contributed by atoms with Crippen molar-refractivity contribution in [3.63, 3.8) is 0 Å². The largest absolute Gasteiger partial charge is 0.368 e. The molecule has 0 spiro atoms. The van der Waals surface area contributed by atoms with Gasteiger partial charge in [0.05, 0.1) is 5.69 Å². The molecule has 3 rings (SSSR count). The third kappa shape index (κ3) is 4.14. The van der Waals surface area contributed by atoms with Crippen molar-refractivity contribution < 1.29 is 0 Å². The third-order valence-electron chi connectivity index (χ3n) is 3.19. The zero-order valence-corrected chi connectivity index (χ0v) is 15.4. The Labute approximate surface area is 157 Å². The van der Waals surface area contributed by atoms with E-state index in [0.29, 0.717) is 33.8 Å². The molecule has 0 amide bonds. The molecule has 24 heavy (non-hydrogen) atoms. The molecular weight excluding hydrogens is 413 g/mol. The van der Waals surface area contributed by atoms with Crippen molar-refractivity contribution in [2.45, 2.75) is 6.42 Å². The number of rotatable bonds is 4. The minimum atomic E-state index is 0.160. The number of hydrogen-bond donors (Lipinski definition) is 2. The van der Waals surface area contributed by atoms with E-state index in [-0.39, 0.29) is 5.95 Å². The lowest BCUT2D eigenvalue weighted by Gasteiger charge is -2.10. The van der Waals surface area contributed by atoms with Crippen LogP contribution in [0.1, 0.15) is 11.3 Å². The van der Waals surface area contributed by atoms with Crippen molar-refractivity contribution in [1.82, 2.24) is 15.0 Å². The van der Waals surface area contributed by atoms with Gasteiger partial charge in [-0.15, -0.1) is 0 Å². The molecule has 3 N–H and O–H groups in total. The van der Waals surface area contributed by atoms with Gasteiger partial charge in [-0.05, 0) is 29.8 Å². The monoisotopic (exact) mass is 423 g/mol. The smallest absolute Gasteiger partial charge is 0.222 e. The third-order valence-corrected chi connectivity index (χ3v) is 4.40. The quantitative estimate of drug-likeness (QED) is 0.625. The molecule has 122 valence electrons. The Balaban J connectivity index is 1.89. The number of aromatic nitrogens is 3. The maximum absolute atomic E-state index is 6.22. The van der Waals surface area contributed by atoms with E-state index < -0.39 is 0 Å². The van der Waals surface area contributed by atoms with Crippen molar-refractivity contribution in [3.05, 3.63) is 68.4 Å². The zero-order chi connectivity index (χ0) is 17.1. The predicted octanol–water partition coefficient (Wildman–Crippen LogP) is 4.86. The molecule has 0 aliphatic carbocycles. The van der Waals surface area contributed by atoms with Crippen molar-refractivity contribution >= 4 is 56.7 Å². The summed E-state index contributed by atoms with van der Waals surface area (Å²) >= 11 is 15.8. The van der Waals surface area contributed by atoms with Crippen LogP contribution in [0.4, 0.5) is 17.6 Å². The highest BCUT2D eigenvalue weighted by Crippen LogP contribution is 2.27. The number of nitrogens with one attached hydrogen (secondary N) is 1. The number of pyridine rings is 1. The number of nitrogen functional groups attached to an aromatic ring is 1. The second-order valence-corrected chi connectivity index (χ2v) is 6.69. The van der Waals surface area contributed by atoms with Crippen LogP contribution < -0.4 is 11.1 Å². The summed E-state index contributed by atoms with van der Waals surface area (Å²) in [7, 11) is 0. The van der Waals surface area contributed by atoms with Crippen LogP contribution >= 0.6 is 39.1 Å². The van der Waals surface area contributed by atoms with Crippen LogP contribution in [0.25, 0.3) is 0 Å². The maximum atomic E-state index is 6.22. The first kappa shape index (κ1) is 17.0.